The van der Waals surface area contributed by atoms with Gasteiger partial charge >= 0.3 is 0 Å². The van der Waals surface area contributed by atoms with E-state index in [9.17, 15) is 14.9 Å². The summed E-state index contributed by atoms with van der Waals surface area (Å²) >= 11 is 5.89. The van der Waals surface area contributed by atoms with Crippen LogP contribution in [0.3, 0.4) is 0 Å². The summed E-state index contributed by atoms with van der Waals surface area (Å²) in [7, 11) is 1.49. The molecule has 4 rings (SSSR count). The Labute approximate surface area is 208 Å². The van der Waals surface area contributed by atoms with E-state index in [0.717, 1.165) is 17.7 Å². The van der Waals surface area contributed by atoms with Gasteiger partial charge in [-0.2, -0.15) is 0 Å². The Morgan fingerprint density at radius 3 is 2.74 bits per heavy atom. The number of halogens is 1. The molecule has 0 saturated carbocycles. The number of amides is 1. The van der Waals surface area contributed by atoms with Crippen LogP contribution in [0.25, 0.3) is 0 Å². The molecule has 35 heavy (non-hydrogen) atoms. The number of rotatable bonds is 7. The normalized spacial score (nSPS) is 16.9. The van der Waals surface area contributed by atoms with Crippen LogP contribution in [0, 0.1) is 22.5 Å². The number of terminal acetylenes is 1. The Kier molecular flexibility index (Phi) is 6.99. The number of allylic oxidation sites excluding steroid dienone is 2. The second-order valence-electron chi connectivity index (χ2n) is 8.32. The first kappa shape index (κ1) is 24.2. The van der Waals surface area contributed by atoms with Crippen LogP contribution in [-0.2, 0) is 12.5 Å². The van der Waals surface area contributed by atoms with E-state index < -0.39 is 4.92 Å². The molecule has 0 spiro atoms. The zero-order valence-corrected chi connectivity index (χ0v) is 20.1. The van der Waals surface area contributed by atoms with Gasteiger partial charge in [-0.15, -0.1) is 18.0 Å². The number of nitro groups is 1. The van der Waals surface area contributed by atoms with E-state index in [2.05, 4.69) is 11.2 Å². The van der Waals surface area contributed by atoms with E-state index in [0.29, 0.717) is 40.4 Å². The van der Waals surface area contributed by atoms with Gasteiger partial charge in [-0.1, -0.05) is 12.0 Å². The number of nitrogens with one attached hydrogen (secondary N) is 1. The van der Waals surface area contributed by atoms with Crippen molar-refractivity contribution >= 4 is 28.9 Å². The predicted molar refractivity (Wildman–Crippen MR) is 134 cm³/mol. The molecule has 9 heteroatoms. The van der Waals surface area contributed by atoms with Crippen LogP contribution in [0.1, 0.15) is 34.8 Å². The van der Waals surface area contributed by atoms with Crippen molar-refractivity contribution in [3.8, 4) is 23.8 Å². The van der Waals surface area contributed by atoms with Gasteiger partial charge in [-0.05, 0) is 48.3 Å². The van der Waals surface area contributed by atoms with Crippen LogP contribution in [0.2, 0.25) is 0 Å². The number of ether oxygens (including phenoxy) is 2. The molecule has 0 aliphatic carbocycles. The number of carbonyl (C=O) groups excluding carboxylic acids is 1. The molecule has 2 aliphatic rings. The Morgan fingerprint density at radius 2 is 2.06 bits per heavy atom. The van der Waals surface area contributed by atoms with Gasteiger partial charge in [0.25, 0.3) is 11.6 Å². The summed E-state index contributed by atoms with van der Waals surface area (Å²) in [4.78, 5) is 26.1. The number of benzene rings is 2. The lowest BCUT2D eigenvalue weighted by atomic mass is 10.1. The highest BCUT2D eigenvalue weighted by atomic mass is 35.5. The van der Waals surface area contributed by atoms with Crippen molar-refractivity contribution in [1.29, 1.82) is 0 Å². The molecule has 0 aromatic heterocycles. The number of non-ortho nitro benzene ring substituents is 1. The fraction of sp³-hybridized carbons (Fsp3) is 0.269. The van der Waals surface area contributed by atoms with Crippen molar-refractivity contribution in [2.75, 3.05) is 19.0 Å². The van der Waals surface area contributed by atoms with E-state index in [1.165, 1.54) is 19.2 Å². The van der Waals surface area contributed by atoms with Crippen LogP contribution in [0.15, 0.2) is 53.8 Å². The molecular formula is C26H24ClN3O5. The number of hydrogen-bond donors (Lipinski definition) is 1. The third-order valence-corrected chi connectivity index (χ3v) is 6.33. The molecule has 2 heterocycles. The highest BCUT2D eigenvalue weighted by Crippen LogP contribution is 2.40. The number of fused-ring (bicyclic) bond motifs is 2. The minimum atomic E-state index is -0.465. The van der Waals surface area contributed by atoms with Crippen LogP contribution in [0.4, 0.5) is 11.4 Å². The van der Waals surface area contributed by atoms with Gasteiger partial charge in [0.1, 0.15) is 6.61 Å². The van der Waals surface area contributed by atoms with Crippen molar-refractivity contribution in [1.82, 2.24) is 4.90 Å². The second-order valence-corrected chi connectivity index (χ2v) is 8.58. The number of methoxy groups -OCH3 is 1. The van der Waals surface area contributed by atoms with Crippen molar-refractivity contribution in [3.63, 3.8) is 0 Å². The zero-order chi connectivity index (χ0) is 25.1. The first-order valence-electron chi connectivity index (χ1n) is 10.9. The molecule has 2 aromatic rings. The van der Waals surface area contributed by atoms with E-state index in [1.807, 2.05) is 6.92 Å². The average molecular weight is 494 g/mol. The summed E-state index contributed by atoms with van der Waals surface area (Å²) in [6, 6.07) is 7.97. The fourth-order valence-corrected chi connectivity index (χ4v) is 4.58. The molecule has 180 valence electrons. The monoisotopic (exact) mass is 493 g/mol. The third-order valence-electron chi connectivity index (χ3n) is 6.02. The largest absolute Gasteiger partial charge is 0.493 e. The fourth-order valence-electron chi connectivity index (χ4n) is 4.42. The van der Waals surface area contributed by atoms with Gasteiger partial charge in [0.2, 0.25) is 0 Å². The van der Waals surface area contributed by atoms with Gasteiger partial charge in [0.05, 0.1) is 29.3 Å². The first-order valence-corrected chi connectivity index (χ1v) is 11.5. The number of hydrogen-bond acceptors (Lipinski definition) is 6. The van der Waals surface area contributed by atoms with Gasteiger partial charge < -0.3 is 19.7 Å². The third kappa shape index (κ3) is 4.81. The van der Waals surface area contributed by atoms with E-state index in [1.54, 1.807) is 35.3 Å². The Bertz CT molecular complexity index is 1290. The summed E-state index contributed by atoms with van der Waals surface area (Å²) < 4.78 is 11.5. The van der Waals surface area contributed by atoms with E-state index in [4.69, 9.17) is 27.5 Å². The molecule has 2 aliphatic heterocycles. The lowest BCUT2D eigenvalue weighted by Crippen LogP contribution is -2.37. The average Bonchev–Trinajstić information content (AvgIpc) is 3.11. The van der Waals surface area contributed by atoms with Gasteiger partial charge in [0.15, 0.2) is 11.5 Å². The Hall–Kier alpha value is -3.96. The maximum Gasteiger partial charge on any atom is 0.270 e. The maximum atomic E-state index is 13.6. The second kappa shape index (κ2) is 10.1. The van der Waals surface area contributed by atoms with Crippen LogP contribution in [0.5, 0.6) is 11.5 Å². The van der Waals surface area contributed by atoms with Gasteiger partial charge in [-0.25, -0.2) is 0 Å². The van der Waals surface area contributed by atoms with Crippen molar-refractivity contribution in [3.05, 3.63) is 80.6 Å². The lowest BCUT2D eigenvalue weighted by Gasteiger charge is -2.24. The van der Waals surface area contributed by atoms with Crippen molar-refractivity contribution in [2.45, 2.75) is 31.9 Å². The summed E-state index contributed by atoms with van der Waals surface area (Å²) in [6.45, 7) is 2.62. The summed E-state index contributed by atoms with van der Waals surface area (Å²) in [5.41, 5.74) is 4.16. The number of nitrogens with zero attached hydrogens (tertiary/aromatic N) is 2. The predicted octanol–water partition coefficient (Wildman–Crippen LogP) is 5.02. The smallest absolute Gasteiger partial charge is 0.270 e. The highest BCUT2D eigenvalue weighted by molar-refractivity contribution is 6.17. The molecule has 1 atom stereocenters. The zero-order valence-electron chi connectivity index (χ0n) is 19.3. The van der Waals surface area contributed by atoms with E-state index in [-0.39, 0.29) is 30.1 Å². The SMILES string of the molecule is C#C/C=C\C1=C(C)C[C@H]2CNc3cc(OCc4cc(CCl)cc([N+](=O)[O-])c4)c(OC)cc3C(=O)N12. The highest BCUT2D eigenvalue weighted by Gasteiger charge is 2.37. The number of carbonyl (C=O) groups is 1. The molecule has 0 saturated heterocycles. The quantitative estimate of drug-likeness (QED) is 0.252. The molecule has 1 N–H and O–H groups in total. The molecule has 2 aromatic carbocycles. The van der Waals surface area contributed by atoms with Gasteiger partial charge in [0, 0.05) is 36.3 Å². The number of nitro benzene ring substituents is 1. The van der Waals surface area contributed by atoms with Crippen molar-refractivity contribution in [2.24, 2.45) is 0 Å². The summed E-state index contributed by atoms with van der Waals surface area (Å²) in [5, 5.41) is 14.6. The number of anilines is 1. The Morgan fingerprint density at radius 1 is 1.29 bits per heavy atom. The number of alkyl halides is 1. The Balaban J connectivity index is 1.64. The van der Waals surface area contributed by atoms with Crippen LogP contribution in [-0.4, -0.2) is 35.4 Å². The minimum absolute atomic E-state index is 0.0403. The van der Waals surface area contributed by atoms with Gasteiger partial charge in [-0.3, -0.25) is 14.9 Å². The molecule has 8 nitrogen and oxygen atoms in total. The summed E-state index contributed by atoms with van der Waals surface area (Å²) in [6.07, 6.45) is 9.51. The molecule has 0 fully saturated rings. The topological polar surface area (TPSA) is 93.9 Å². The molecule has 1 amide bonds. The molecule has 0 bridgehead atoms. The summed E-state index contributed by atoms with van der Waals surface area (Å²) in [5.74, 6) is 3.26. The lowest BCUT2D eigenvalue weighted by molar-refractivity contribution is -0.385. The first-order chi connectivity index (χ1) is 16.9. The standard InChI is InChI=1S/C26H24ClN3O5/c1-4-5-6-23-16(2)7-20-14-28-22-12-25(24(34-3)11-21(22)26(31)29(20)23)35-15-18-8-17(13-27)9-19(10-18)30(32)33/h1,5-6,8-12,20,28H,7,13-15H2,2-3H3/b6-5-/t20-/m0/s1. The molecule has 0 radical (unpaired) electrons. The maximum absolute atomic E-state index is 13.6. The van der Waals surface area contributed by atoms with E-state index >= 15 is 0 Å². The van der Waals surface area contributed by atoms with Crippen LogP contribution < -0.4 is 14.8 Å². The minimum Gasteiger partial charge on any atom is -0.493 e. The van der Waals surface area contributed by atoms with Crippen molar-refractivity contribution < 1.29 is 19.2 Å². The van der Waals surface area contributed by atoms with Crippen LogP contribution >= 0.6 is 11.6 Å². The molecule has 0 unspecified atom stereocenters. The molecular weight excluding hydrogens is 470 g/mol.